The molecule has 138 valence electrons. The molecular formula is C20H22F2N2O2. The van der Waals surface area contributed by atoms with E-state index in [2.05, 4.69) is 11.9 Å². The molecule has 0 atom stereocenters. The average Bonchev–Trinajstić information content (AvgIpc) is 2.63. The lowest BCUT2D eigenvalue weighted by Crippen LogP contribution is -2.00. The van der Waals surface area contributed by atoms with Crippen molar-refractivity contribution in [3.8, 4) is 11.5 Å². The molecule has 0 unspecified atom stereocenters. The molecule has 0 aliphatic rings. The quantitative estimate of drug-likeness (QED) is 0.402. The Labute approximate surface area is 152 Å². The van der Waals surface area contributed by atoms with Crippen LogP contribution in [0.3, 0.4) is 0 Å². The summed E-state index contributed by atoms with van der Waals surface area (Å²) in [5.41, 5.74) is 6.69. The molecule has 0 heterocycles. The van der Waals surface area contributed by atoms with E-state index in [4.69, 9.17) is 15.2 Å². The Bertz CT molecular complexity index is 805. The fourth-order valence-electron chi connectivity index (χ4n) is 2.23. The maximum Gasteiger partial charge on any atom is 0.168 e. The molecule has 4 nitrogen and oxygen atoms in total. The molecule has 0 aliphatic carbocycles. The summed E-state index contributed by atoms with van der Waals surface area (Å²) < 4.78 is 37.5. The third-order valence-corrected chi connectivity index (χ3v) is 3.62. The molecule has 0 amide bonds. The predicted octanol–water partition coefficient (Wildman–Crippen LogP) is 5.15. The number of allylic oxidation sites excluding steroid dienone is 1. The number of nitrogens with zero attached hydrogens (tertiary/aromatic N) is 1. The Kier molecular flexibility index (Phi) is 7.14. The first-order valence-electron chi connectivity index (χ1n) is 8.31. The van der Waals surface area contributed by atoms with Crippen LogP contribution in [0.4, 0.5) is 20.2 Å². The molecule has 2 rings (SSSR count). The number of nitrogens with two attached hydrogens (primary N) is 1. The number of halogens is 2. The topological polar surface area (TPSA) is 56.8 Å². The number of aliphatic imine (C=N–C) groups is 1. The van der Waals surface area contributed by atoms with Gasteiger partial charge in [-0.25, -0.2) is 8.78 Å². The van der Waals surface area contributed by atoms with E-state index in [1.807, 2.05) is 18.2 Å². The van der Waals surface area contributed by atoms with Gasteiger partial charge in [-0.1, -0.05) is 25.5 Å². The molecule has 0 aromatic heterocycles. The first kappa shape index (κ1) is 19.4. The Morgan fingerprint density at radius 2 is 1.96 bits per heavy atom. The zero-order valence-electron chi connectivity index (χ0n) is 14.8. The van der Waals surface area contributed by atoms with E-state index in [0.717, 1.165) is 30.5 Å². The van der Waals surface area contributed by atoms with Crippen molar-refractivity contribution in [1.82, 2.24) is 0 Å². The normalized spacial score (nSPS) is 11.4. The van der Waals surface area contributed by atoms with Crippen LogP contribution in [0.15, 0.2) is 41.4 Å². The Morgan fingerprint density at radius 1 is 1.19 bits per heavy atom. The number of nitrogen functional groups attached to an aromatic ring is 1. The molecule has 2 aromatic rings. The minimum absolute atomic E-state index is 0.0681. The van der Waals surface area contributed by atoms with Crippen molar-refractivity contribution in [2.45, 2.75) is 19.8 Å². The van der Waals surface area contributed by atoms with E-state index in [-0.39, 0.29) is 11.4 Å². The van der Waals surface area contributed by atoms with Gasteiger partial charge < -0.3 is 15.2 Å². The first-order valence-corrected chi connectivity index (χ1v) is 8.31. The van der Waals surface area contributed by atoms with E-state index in [9.17, 15) is 8.78 Å². The summed E-state index contributed by atoms with van der Waals surface area (Å²) in [5.74, 6) is -0.692. The number of benzene rings is 2. The van der Waals surface area contributed by atoms with Gasteiger partial charge >= 0.3 is 0 Å². The van der Waals surface area contributed by atoms with Crippen LogP contribution in [0.2, 0.25) is 0 Å². The van der Waals surface area contributed by atoms with Crippen molar-refractivity contribution in [1.29, 1.82) is 0 Å². The summed E-state index contributed by atoms with van der Waals surface area (Å²) in [6, 6.07) is 7.44. The standard InChI is InChI=1S/C20H22F2N2O2/c1-3-4-11-26-20-14(7-5-9-19(20)25-2)8-6-10-24-18-13-16(22)15(21)12-17(18)23/h5-10,12-13H,3-4,11,23H2,1-2H3/b8-6+,24-10?. The van der Waals surface area contributed by atoms with Crippen LogP contribution >= 0.6 is 0 Å². The van der Waals surface area contributed by atoms with Gasteiger partial charge in [0, 0.05) is 23.9 Å². The minimum Gasteiger partial charge on any atom is -0.493 e. The fourth-order valence-corrected chi connectivity index (χ4v) is 2.23. The zero-order chi connectivity index (χ0) is 18.9. The van der Waals surface area contributed by atoms with Crippen LogP contribution in [-0.2, 0) is 0 Å². The van der Waals surface area contributed by atoms with E-state index in [0.29, 0.717) is 18.1 Å². The van der Waals surface area contributed by atoms with Gasteiger partial charge in [-0.05, 0) is 24.6 Å². The highest BCUT2D eigenvalue weighted by atomic mass is 19.2. The summed E-state index contributed by atoms with van der Waals surface area (Å²) in [4.78, 5) is 4.05. The lowest BCUT2D eigenvalue weighted by molar-refractivity contribution is 0.287. The minimum atomic E-state index is -0.998. The zero-order valence-corrected chi connectivity index (χ0v) is 14.8. The monoisotopic (exact) mass is 360 g/mol. The molecule has 26 heavy (non-hydrogen) atoms. The molecule has 0 bridgehead atoms. The summed E-state index contributed by atoms with van der Waals surface area (Å²) in [5, 5.41) is 0. The summed E-state index contributed by atoms with van der Waals surface area (Å²) in [6.07, 6.45) is 6.89. The Balaban J connectivity index is 2.18. The number of anilines is 1. The first-order chi connectivity index (χ1) is 12.6. The maximum absolute atomic E-state index is 13.3. The number of para-hydroxylation sites is 1. The molecule has 2 N–H and O–H groups in total. The lowest BCUT2D eigenvalue weighted by atomic mass is 10.1. The second kappa shape index (κ2) is 9.56. The van der Waals surface area contributed by atoms with E-state index < -0.39 is 11.6 Å². The fraction of sp³-hybridized carbons (Fsp3) is 0.250. The van der Waals surface area contributed by atoms with E-state index in [1.54, 1.807) is 19.3 Å². The number of rotatable bonds is 8. The van der Waals surface area contributed by atoms with Gasteiger partial charge in [0.25, 0.3) is 0 Å². The highest BCUT2D eigenvalue weighted by molar-refractivity contribution is 5.83. The highest BCUT2D eigenvalue weighted by Gasteiger charge is 2.08. The van der Waals surface area contributed by atoms with E-state index in [1.165, 1.54) is 6.21 Å². The lowest BCUT2D eigenvalue weighted by Gasteiger charge is -2.12. The largest absolute Gasteiger partial charge is 0.493 e. The smallest absolute Gasteiger partial charge is 0.168 e. The number of methoxy groups -OCH3 is 1. The molecule has 0 aliphatic heterocycles. The third kappa shape index (κ3) is 5.05. The van der Waals surface area contributed by atoms with Crippen molar-refractivity contribution in [3.05, 3.63) is 53.6 Å². The highest BCUT2D eigenvalue weighted by Crippen LogP contribution is 2.32. The van der Waals surface area contributed by atoms with Gasteiger partial charge in [-0.3, -0.25) is 4.99 Å². The average molecular weight is 360 g/mol. The molecule has 6 heteroatoms. The molecule has 0 spiro atoms. The summed E-state index contributed by atoms with van der Waals surface area (Å²) in [6.45, 7) is 2.68. The second-order valence-electron chi connectivity index (χ2n) is 5.54. The summed E-state index contributed by atoms with van der Waals surface area (Å²) >= 11 is 0. The van der Waals surface area contributed by atoms with Crippen molar-refractivity contribution in [3.63, 3.8) is 0 Å². The second-order valence-corrected chi connectivity index (χ2v) is 5.54. The van der Waals surface area contributed by atoms with Crippen LogP contribution in [0.25, 0.3) is 6.08 Å². The SMILES string of the molecule is CCCCOc1c(/C=C/C=Nc2cc(F)c(F)cc2N)cccc1OC. The summed E-state index contributed by atoms with van der Waals surface area (Å²) in [7, 11) is 1.59. The van der Waals surface area contributed by atoms with Crippen molar-refractivity contribution < 1.29 is 18.3 Å². The molecular weight excluding hydrogens is 338 g/mol. The van der Waals surface area contributed by atoms with Crippen molar-refractivity contribution in [2.75, 3.05) is 19.5 Å². The number of hydrogen-bond acceptors (Lipinski definition) is 4. The van der Waals surface area contributed by atoms with Crippen LogP contribution in [0.5, 0.6) is 11.5 Å². The number of unbranched alkanes of at least 4 members (excludes halogenated alkanes) is 1. The molecule has 0 radical (unpaired) electrons. The van der Waals surface area contributed by atoms with Crippen LogP contribution in [0, 0.1) is 11.6 Å². The van der Waals surface area contributed by atoms with E-state index >= 15 is 0 Å². The third-order valence-electron chi connectivity index (χ3n) is 3.62. The van der Waals surface area contributed by atoms with Gasteiger partial charge in [-0.2, -0.15) is 0 Å². The Morgan fingerprint density at radius 3 is 2.69 bits per heavy atom. The van der Waals surface area contributed by atoms with Crippen LogP contribution in [0.1, 0.15) is 25.3 Å². The molecule has 0 fully saturated rings. The predicted molar refractivity (Wildman–Crippen MR) is 101 cm³/mol. The van der Waals surface area contributed by atoms with Crippen LogP contribution in [-0.4, -0.2) is 19.9 Å². The molecule has 2 aromatic carbocycles. The van der Waals surface area contributed by atoms with Gasteiger partial charge in [0.2, 0.25) is 0 Å². The van der Waals surface area contributed by atoms with Gasteiger partial charge in [0.15, 0.2) is 23.1 Å². The van der Waals surface area contributed by atoms with Gasteiger partial charge in [0.1, 0.15) is 0 Å². The molecule has 0 saturated carbocycles. The maximum atomic E-state index is 13.3. The number of hydrogen-bond donors (Lipinski definition) is 1. The van der Waals surface area contributed by atoms with Crippen molar-refractivity contribution in [2.24, 2.45) is 4.99 Å². The molecule has 0 saturated heterocycles. The van der Waals surface area contributed by atoms with Gasteiger partial charge in [-0.15, -0.1) is 0 Å². The van der Waals surface area contributed by atoms with Crippen molar-refractivity contribution >= 4 is 23.7 Å². The number of ether oxygens (including phenoxy) is 2. The van der Waals surface area contributed by atoms with Gasteiger partial charge in [0.05, 0.1) is 25.1 Å². The van der Waals surface area contributed by atoms with Crippen LogP contribution < -0.4 is 15.2 Å². The Hall–Kier alpha value is -2.89.